The van der Waals surface area contributed by atoms with E-state index in [-0.39, 0.29) is 0 Å². The molecule has 1 atom stereocenters. The number of nitrogens with two attached hydrogens (primary N) is 1. The van der Waals surface area contributed by atoms with Gasteiger partial charge in [0.15, 0.2) is 0 Å². The van der Waals surface area contributed by atoms with Crippen LogP contribution < -0.4 is 5.73 Å². The second-order valence-electron chi connectivity index (χ2n) is 5.12. The van der Waals surface area contributed by atoms with Gasteiger partial charge in [0.25, 0.3) is 0 Å². The second kappa shape index (κ2) is 5.85. The van der Waals surface area contributed by atoms with E-state index >= 15 is 0 Å². The first kappa shape index (κ1) is 14.2. The lowest BCUT2D eigenvalue weighted by atomic mass is 9.88. The van der Waals surface area contributed by atoms with Gasteiger partial charge in [-0.05, 0) is 42.7 Å². The Hall–Kier alpha value is -1.19. The monoisotopic (exact) mass is 318 g/mol. The third kappa shape index (κ3) is 3.64. The summed E-state index contributed by atoms with van der Waals surface area (Å²) in [5, 5.41) is 0. The summed E-state index contributed by atoms with van der Waals surface area (Å²) in [7, 11) is 0. The number of hydrogen-bond acceptors (Lipinski definition) is 2. The maximum absolute atomic E-state index is 6.45. The smallest absolute Gasteiger partial charge is 0.0437 e. The van der Waals surface area contributed by atoms with Crippen LogP contribution in [0, 0.1) is 0 Å². The topological polar surface area (TPSA) is 38.9 Å². The van der Waals surface area contributed by atoms with E-state index in [4.69, 9.17) is 5.73 Å². The Morgan fingerprint density at radius 2 is 2.05 bits per heavy atom. The van der Waals surface area contributed by atoms with Crippen molar-refractivity contribution in [3.05, 3.63) is 63.9 Å². The van der Waals surface area contributed by atoms with Crippen LogP contribution in [0.25, 0.3) is 0 Å². The molecule has 1 unspecified atom stereocenters. The lowest BCUT2D eigenvalue weighted by Gasteiger charge is -2.25. The van der Waals surface area contributed by atoms with Crippen LogP contribution in [0.15, 0.2) is 47.1 Å². The minimum atomic E-state index is -0.412. The Labute approximate surface area is 123 Å². The average Bonchev–Trinajstić information content (AvgIpc) is 2.39. The van der Waals surface area contributed by atoms with Gasteiger partial charge < -0.3 is 5.73 Å². The highest BCUT2D eigenvalue weighted by Crippen LogP contribution is 2.24. The Balaban J connectivity index is 2.20. The van der Waals surface area contributed by atoms with Gasteiger partial charge in [-0.3, -0.25) is 4.98 Å². The maximum Gasteiger partial charge on any atom is 0.0437 e. The number of aromatic nitrogens is 1. The average molecular weight is 319 g/mol. The van der Waals surface area contributed by atoms with E-state index in [1.54, 1.807) is 0 Å². The fraction of sp³-hybridized carbons (Fsp3) is 0.312. The van der Waals surface area contributed by atoms with E-state index in [0.717, 1.165) is 28.6 Å². The van der Waals surface area contributed by atoms with Gasteiger partial charge in [0, 0.05) is 28.3 Å². The summed E-state index contributed by atoms with van der Waals surface area (Å²) in [5.74, 6) is 0. The van der Waals surface area contributed by atoms with Gasteiger partial charge in [-0.1, -0.05) is 41.1 Å². The van der Waals surface area contributed by atoms with E-state index in [1.165, 1.54) is 5.56 Å². The predicted octanol–water partition coefficient (Wildman–Crippen LogP) is 3.82. The molecular weight excluding hydrogens is 300 g/mol. The van der Waals surface area contributed by atoms with Crippen molar-refractivity contribution >= 4 is 15.9 Å². The standard InChI is InChI=1S/C16H19BrN2/c1-3-12-7-8-15(19-11-12)10-16(2,18)13-5-4-6-14(17)9-13/h4-9,11H,3,10,18H2,1-2H3. The third-order valence-electron chi connectivity index (χ3n) is 3.33. The van der Waals surface area contributed by atoms with Crippen LogP contribution in [-0.4, -0.2) is 4.98 Å². The first-order chi connectivity index (χ1) is 9.01. The van der Waals surface area contributed by atoms with Crippen LogP contribution in [0.3, 0.4) is 0 Å². The summed E-state index contributed by atoms with van der Waals surface area (Å²) < 4.78 is 1.05. The van der Waals surface area contributed by atoms with Gasteiger partial charge in [0.1, 0.15) is 0 Å². The molecule has 3 heteroatoms. The number of nitrogens with zero attached hydrogens (tertiary/aromatic N) is 1. The third-order valence-corrected chi connectivity index (χ3v) is 3.82. The first-order valence-electron chi connectivity index (χ1n) is 6.50. The van der Waals surface area contributed by atoms with E-state index in [0.29, 0.717) is 0 Å². The quantitative estimate of drug-likeness (QED) is 0.930. The molecule has 0 aliphatic rings. The minimum Gasteiger partial charge on any atom is -0.321 e. The number of benzene rings is 1. The molecule has 2 rings (SSSR count). The molecular formula is C16H19BrN2. The lowest BCUT2D eigenvalue weighted by molar-refractivity contribution is 0.485. The molecule has 2 N–H and O–H groups in total. The molecule has 2 aromatic rings. The summed E-state index contributed by atoms with van der Waals surface area (Å²) in [5.41, 5.74) is 9.43. The van der Waals surface area contributed by atoms with Crippen LogP contribution in [0.2, 0.25) is 0 Å². The fourth-order valence-electron chi connectivity index (χ4n) is 2.09. The van der Waals surface area contributed by atoms with E-state index in [1.807, 2.05) is 25.3 Å². The number of aryl methyl sites for hydroxylation is 1. The van der Waals surface area contributed by atoms with Crippen molar-refractivity contribution in [1.29, 1.82) is 0 Å². The fourth-order valence-corrected chi connectivity index (χ4v) is 2.49. The molecule has 1 heterocycles. The van der Waals surface area contributed by atoms with Crippen LogP contribution in [0.5, 0.6) is 0 Å². The van der Waals surface area contributed by atoms with E-state index in [2.05, 4.69) is 52.1 Å². The second-order valence-corrected chi connectivity index (χ2v) is 6.03. The molecule has 0 aliphatic carbocycles. The summed E-state index contributed by atoms with van der Waals surface area (Å²) in [6.07, 6.45) is 3.68. The minimum absolute atomic E-state index is 0.412. The molecule has 19 heavy (non-hydrogen) atoms. The van der Waals surface area contributed by atoms with Crippen LogP contribution in [0.4, 0.5) is 0 Å². The van der Waals surface area contributed by atoms with Crippen molar-refractivity contribution in [2.45, 2.75) is 32.2 Å². The highest BCUT2D eigenvalue weighted by Gasteiger charge is 2.22. The molecule has 2 nitrogen and oxygen atoms in total. The lowest BCUT2D eigenvalue weighted by Crippen LogP contribution is -2.35. The molecule has 0 radical (unpaired) electrons. The van der Waals surface area contributed by atoms with E-state index < -0.39 is 5.54 Å². The van der Waals surface area contributed by atoms with Crippen molar-refractivity contribution in [2.24, 2.45) is 5.73 Å². The van der Waals surface area contributed by atoms with E-state index in [9.17, 15) is 0 Å². The zero-order chi connectivity index (χ0) is 13.9. The Bertz CT molecular complexity index is 547. The number of rotatable bonds is 4. The Morgan fingerprint density at radius 1 is 1.26 bits per heavy atom. The maximum atomic E-state index is 6.45. The molecule has 1 aromatic carbocycles. The SMILES string of the molecule is CCc1ccc(CC(C)(N)c2cccc(Br)c2)nc1. The highest BCUT2D eigenvalue weighted by atomic mass is 79.9. The van der Waals surface area contributed by atoms with Crippen LogP contribution in [0.1, 0.15) is 30.7 Å². The molecule has 0 saturated heterocycles. The molecule has 0 bridgehead atoms. The molecule has 100 valence electrons. The Morgan fingerprint density at radius 3 is 2.63 bits per heavy atom. The zero-order valence-corrected chi connectivity index (χ0v) is 12.9. The van der Waals surface area contributed by atoms with Crippen molar-refractivity contribution < 1.29 is 0 Å². The van der Waals surface area contributed by atoms with Gasteiger partial charge in [-0.2, -0.15) is 0 Å². The summed E-state index contributed by atoms with van der Waals surface area (Å²) in [4.78, 5) is 4.49. The van der Waals surface area contributed by atoms with Gasteiger partial charge in [0.2, 0.25) is 0 Å². The molecule has 0 amide bonds. The molecule has 0 saturated carbocycles. The Kier molecular flexibility index (Phi) is 4.38. The van der Waals surface area contributed by atoms with Crippen molar-refractivity contribution in [1.82, 2.24) is 4.98 Å². The molecule has 0 spiro atoms. The summed E-state index contributed by atoms with van der Waals surface area (Å²) in [6.45, 7) is 4.18. The van der Waals surface area contributed by atoms with Crippen molar-refractivity contribution in [2.75, 3.05) is 0 Å². The first-order valence-corrected chi connectivity index (χ1v) is 7.29. The van der Waals surface area contributed by atoms with Crippen molar-refractivity contribution in [3.63, 3.8) is 0 Å². The number of pyridine rings is 1. The zero-order valence-electron chi connectivity index (χ0n) is 11.4. The number of halogens is 1. The van der Waals surface area contributed by atoms with Crippen molar-refractivity contribution in [3.8, 4) is 0 Å². The van der Waals surface area contributed by atoms with Gasteiger partial charge in [0.05, 0.1) is 0 Å². The van der Waals surface area contributed by atoms with Crippen LogP contribution >= 0.6 is 15.9 Å². The van der Waals surface area contributed by atoms with Gasteiger partial charge in [-0.15, -0.1) is 0 Å². The number of hydrogen-bond donors (Lipinski definition) is 1. The normalized spacial score (nSPS) is 14.1. The predicted molar refractivity (Wildman–Crippen MR) is 83.0 cm³/mol. The highest BCUT2D eigenvalue weighted by molar-refractivity contribution is 9.10. The van der Waals surface area contributed by atoms with Crippen LogP contribution in [-0.2, 0) is 18.4 Å². The summed E-state index contributed by atoms with van der Waals surface area (Å²) in [6, 6.07) is 12.3. The molecule has 1 aromatic heterocycles. The molecule has 0 fully saturated rings. The van der Waals surface area contributed by atoms with Gasteiger partial charge >= 0.3 is 0 Å². The summed E-state index contributed by atoms with van der Waals surface area (Å²) >= 11 is 3.49. The largest absolute Gasteiger partial charge is 0.321 e. The van der Waals surface area contributed by atoms with Gasteiger partial charge in [-0.25, -0.2) is 0 Å². The molecule has 0 aliphatic heterocycles.